The molecule has 0 atom stereocenters. The predicted molar refractivity (Wildman–Crippen MR) is 92.2 cm³/mol. The van der Waals surface area contributed by atoms with Gasteiger partial charge < -0.3 is 23.9 Å². The number of furan rings is 1. The normalized spacial score (nSPS) is 13.7. The van der Waals surface area contributed by atoms with Crippen LogP contribution in [-0.4, -0.2) is 54.8 Å². The minimum atomic E-state index is -1.16. The number of hydrogen-bond donors (Lipinski definition) is 1. The number of carboxylic acids is 1. The lowest BCUT2D eigenvalue weighted by atomic mass is 10.0. The number of aromatic carboxylic acids is 1. The zero-order chi connectivity index (χ0) is 18.4. The quantitative estimate of drug-likeness (QED) is 0.691. The van der Waals surface area contributed by atoms with Crippen LogP contribution in [0.25, 0.3) is 0 Å². The number of fused-ring (bicyclic) bond motifs is 1. The fourth-order valence-electron chi connectivity index (χ4n) is 2.84. The van der Waals surface area contributed by atoms with E-state index >= 15 is 0 Å². The van der Waals surface area contributed by atoms with Crippen molar-refractivity contribution >= 4 is 11.9 Å². The van der Waals surface area contributed by atoms with Gasteiger partial charge in [-0.25, -0.2) is 4.79 Å². The minimum absolute atomic E-state index is 0.0788. The monoisotopic (exact) mass is 359 g/mol. The largest absolute Gasteiger partial charge is 0.478 e. The van der Waals surface area contributed by atoms with E-state index in [4.69, 9.17) is 19.0 Å². The molecule has 3 rings (SSSR count). The summed E-state index contributed by atoms with van der Waals surface area (Å²) in [4.78, 5) is 25.2. The first-order valence-electron chi connectivity index (χ1n) is 8.49. The van der Waals surface area contributed by atoms with Crippen LogP contribution in [-0.2, 0) is 22.5 Å². The Labute approximate surface area is 151 Å². The maximum Gasteiger partial charge on any atom is 0.339 e. The van der Waals surface area contributed by atoms with E-state index in [2.05, 4.69) is 0 Å². The fraction of sp³-hybridized carbons (Fsp3) is 0.368. The van der Waals surface area contributed by atoms with Gasteiger partial charge in [-0.1, -0.05) is 30.3 Å². The van der Waals surface area contributed by atoms with E-state index in [1.165, 1.54) is 0 Å². The molecule has 2 aromatic rings. The minimum Gasteiger partial charge on any atom is -0.478 e. The van der Waals surface area contributed by atoms with E-state index < -0.39 is 5.97 Å². The molecule has 1 aliphatic rings. The fourth-order valence-corrected chi connectivity index (χ4v) is 2.84. The average molecular weight is 359 g/mol. The molecule has 0 spiro atoms. The number of amides is 1. The van der Waals surface area contributed by atoms with Gasteiger partial charge in [0.15, 0.2) is 0 Å². The van der Waals surface area contributed by atoms with E-state index in [1.807, 2.05) is 30.3 Å². The molecule has 0 bridgehead atoms. The smallest absolute Gasteiger partial charge is 0.339 e. The van der Waals surface area contributed by atoms with E-state index in [9.17, 15) is 9.59 Å². The number of ether oxygens (including phenoxy) is 2. The zero-order valence-electron chi connectivity index (χ0n) is 14.3. The number of carboxylic acid groups (broad SMARTS) is 1. The second-order valence-electron chi connectivity index (χ2n) is 5.95. The van der Waals surface area contributed by atoms with Crippen molar-refractivity contribution in [3.8, 4) is 0 Å². The van der Waals surface area contributed by atoms with Crippen molar-refractivity contribution in [2.24, 2.45) is 0 Å². The van der Waals surface area contributed by atoms with Crippen LogP contribution < -0.4 is 0 Å². The van der Waals surface area contributed by atoms with Gasteiger partial charge in [0.2, 0.25) is 0 Å². The molecule has 1 aliphatic heterocycles. The number of carbonyl (C=O) groups excluding carboxylic acids is 1. The summed E-state index contributed by atoms with van der Waals surface area (Å²) in [5.74, 6) is -1.03. The third-order valence-electron chi connectivity index (χ3n) is 4.20. The van der Waals surface area contributed by atoms with Crippen molar-refractivity contribution < 1.29 is 28.6 Å². The van der Waals surface area contributed by atoms with Crippen LogP contribution in [0.3, 0.4) is 0 Å². The van der Waals surface area contributed by atoms with E-state index in [-0.39, 0.29) is 17.0 Å². The van der Waals surface area contributed by atoms with Gasteiger partial charge in [0, 0.05) is 19.5 Å². The van der Waals surface area contributed by atoms with Gasteiger partial charge in [-0.15, -0.1) is 0 Å². The Morgan fingerprint density at radius 2 is 1.92 bits per heavy atom. The first-order valence-corrected chi connectivity index (χ1v) is 8.49. The molecule has 0 radical (unpaired) electrons. The molecule has 138 valence electrons. The van der Waals surface area contributed by atoms with Crippen LogP contribution in [0, 0.1) is 0 Å². The van der Waals surface area contributed by atoms with Crippen molar-refractivity contribution in [3.63, 3.8) is 0 Å². The molecule has 1 amide bonds. The van der Waals surface area contributed by atoms with E-state index in [0.29, 0.717) is 51.7 Å². The van der Waals surface area contributed by atoms with Crippen molar-refractivity contribution in [3.05, 3.63) is 59.0 Å². The highest BCUT2D eigenvalue weighted by atomic mass is 16.5. The summed E-state index contributed by atoms with van der Waals surface area (Å²) >= 11 is 0. The second kappa shape index (κ2) is 8.64. The van der Waals surface area contributed by atoms with Gasteiger partial charge in [0.1, 0.15) is 17.6 Å². The molecule has 0 fully saturated rings. The lowest BCUT2D eigenvalue weighted by molar-refractivity contribution is 0.0300. The Bertz CT molecular complexity index is 755. The van der Waals surface area contributed by atoms with Crippen LogP contribution >= 0.6 is 0 Å². The first kappa shape index (κ1) is 18.2. The molecule has 1 N–H and O–H groups in total. The van der Waals surface area contributed by atoms with Crippen LogP contribution in [0.5, 0.6) is 0 Å². The average Bonchev–Trinajstić information content (AvgIpc) is 3.09. The summed E-state index contributed by atoms with van der Waals surface area (Å²) in [6.45, 7) is 2.71. The lowest BCUT2D eigenvalue weighted by Gasteiger charge is -2.26. The molecular weight excluding hydrogens is 338 g/mol. The Hall–Kier alpha value is -2.64. The molecule has 0 saturated carbocycles. The van der Waals surface area contributed by atoms with Gasteiger partial charge in [-0.2, -0.15) is 0 Å². The zero-order valence-corrected chi connectivity index (χ0v) is 14.3. The Kier molecular flexibility index (Phi) is 6.04. The summed E-state index contributed by atoms with van der Waals surface area (Å²) in [5.41, 5.74) is 1.19. The lowest BCUT2D eigenvalue weighted by Crippen LogP contribution is -2.40. The van der Waals surface area contributed by atoms with Crippen LogP contribution in [0.2, 0.25) is 0 Å². The van der Waals surface area contributed by atoms with Crippen LogP contribution in [0.4, 0.5) is 0 Å². The molecule has 0 saturated heterocycles. The number of nitrogens with zero attached hydrogens (tertiary/aromatic N) is 1. The second-order valence-corrected chi connectivity index (χ2v) is 5.95. The molecule has 0 aliphatic carbocycles. The van der Waals surface area contributed by atoms with Crippen molar-refractivity contribution in [1.29, 1.82) is 0 Å². The highest BCUT2D eigenvalue weighted by Crippen LogP contribution is 2.24. The molecule has 0 unspecified atom stereocenters. The number of rotatable bonds is 9. The number of hydrogen-bond acceptors (Lipinski definition) is 5. The number of benzene rings is 1. The summed E-state index contributed by atoms with van der Waals surface area (Å²) in [7, 11) is 0. The maximum absolute atomic E-state index is 12.4. The van der Waals surface area contributed by atoms with Crippen LogP contribution in [0.1, 0.15) is 32.0 Å². The summed E-state index contributed by atoms with van der Waals surface area (Å²) < 4.78 is 16.2. The Morgan fingerprint density at radius 1 is 1.15 bits per heavy atom. The molecule has 1 aromatic carbocycles. The van der Waals surface area contributed by atoms with Crippen LogP contribution in [0.15, 0.2) is 41.0 Å². The highest BCUT2D eigenvalue weighted by molar-refractivity contribution is 6.06. The van der Waals surface area contributed by atoms with Gasteiger partial charge >= 0.3 is 5.97 Å². The van der Waals surface area contributed by atoms with Gasteiger partial charge in [0.25, 0.3) is 5.91 Å². The topological polar surface area (TPSA) is 89.2 Å². The molecule has 2 heterocycles. The highest BCUT2D eigenvalue weighted by Gasteiger charge is 2.32. The summed E-state index contributed by atoms with van der Waals surface area (Å²) in [6, 6.07) is 9.88. The Balaban J connectivity index is 1.37. The maximum atomic E-state index is 12.4. The molecule has 1 aromatic heterocycles. The molecule has 7 heteroatoms. The standard InChI is InChI=1S/C19H21NO6/c21-18-17-15(19(22)23)13-26-16(17)6-7-20(18)8-9-24-10-11-25-12-14-4-2-1-3-5-14/h1-5,13H,6-12H2,(H,22,23). The summed E-state index contributed by atoms with van der Waals surface area (Å²) in [5, 5.41) is 9.14. The van der Waals surface area contributed by atoms with Crippen molar-refractivity contribution in [1.82, 2.24) is 4.90 Å². The van der Waals surface area contributed by atoms with E-state index in [1.54, 1.807) is 4.90 Å². The molecular formula is C19H21NO6. The van der Waals surface area contributed by atoms with Gasteiger partial charge in [0.05, 0.1) is 32.0 Å². The summed E-state index contributed by atoms with van der Waals surface area (Å²) in [6.07, 6.45) is 1.64. The SMILES string of the molecule is O=C(O)c1coc2c1C(=O)N(CCOCCOCc1ccccc1)CC2. The van der Waals surface area contributed by atoms with Crippen molar-refractivity contribution in [2.75, 3.05) is 32.9 Å². The molecule has 7 nitrogen and oxygen atoms in total. The first-order chi connectivity index (χ1) is 12.7. The predicted octanol–water partition coefficient (Wildman–Crippen LogP) is 2.21. The molecule has 26 heavy (non-hydrogen) atoms. The third kappa shape index (κ3) is 4.30. The van der Waals surface area contributed by atoms with E-state index in [0.717, 1.165) is 11.8 Å². The van der Waals surface area contributed by atoms with Gasteiger partial charge in [-0.3, -0.25) is 4.79 Å². The Morgan fingerprint density at radius 3 is 2.69 bits per heavy atom. The van der Waals surface area contributed by atoms with Crippen molar-refractivity contribution in [2.45, 2.75) is 13.0 Å². The van der Waals surface area contributed by atoms with Gasteiger partial charge in [-0.05, 0) is 5.56 Å². The number of carbonyl (C=O) groups is 2. The third-order valence-corrected chi connectivity index (χ3v) is 4.20.